The van der Waals surface area contributed by atoms with Crippen LogP contribution >= 0.6 is 0 Å². The fourth-order valence-corrected chi connectivity index (χ4v) is 1.70. The van der Waals surface area contributed by atoms with Crippen LogP contribution in [0.25, 0.3) is 0 Å². The lowest BCUT2D eigenvalue weighted by Crippen LogP contribution is -2.27. The first-order chi connectivity index (χ1) is 6.27. The number of aromatic nitrogens is 3. The van der Waals surface area contributed by atoms with Gasteiger partial charge < -0.3 is 5.32 Å². The van der Waals surface area contributed by atoms with Crippen molar-refractivity contribution in [3.05, 3.63) is 16.3 Å². The van der Waals surface area contributed by atoms with Crippen molar-refractivity contribution in [1.29, 1.82) is 0 Å². The summed E-state index contributed by atoms with van der Waals surface area (Å²) >= 11 is 0. The number of hydrogen-bond donors (Lipinski definition) is 2. The number of nitrogens with one attached hydrogen (secondary N) is 2. The van der Waals surface area contributed by atoms with Crippen molar-refractivity contribution in [1.82, 2.24) is 20.1 Å². The fourth-order valence-electron chi connectivity index (χ4n) is 1.70. The van der Waals surface area contributed by atoms with Crippen molar-refractivity contribution >= 4 is 0 Å². The molecule has 2 rings (SSSR count). The van der Waals surface area contributed by atoms with Gasteiger partial charge in [-0.1, -0.05) is 0 Å². The first kappa shape index (κ1) is 8.50. The maximum atomic E-state index is 11.1. The van der Waals surface area contributed by atoms with Crippen molar-refractivity contribution in [2.45, 2.75) is 18.8 Å². The highest BCUT2D eigenvalue weighted by Crippen LogP contribution is 2.20. The molecular formula is C8H14N4O. The average Bonchev–Trinajstić information content (AvgIpc) is 2.49. The highest BCUT2D eigenvalue weighted by atomic mass is 16.1. The highest BCUT2D eigenvalue weighted by molar-refractivity contribution is 4.95. The van der Waals surface area contributed by atoms with Crippen molar-refractivity contribution in [3.8, 4) is 0 Å². The second-order valence-corrected chi connectivity index (χ2v) is 3.46. The van der Waals surface area contributed by atoms with Gasteiger partial charge in [0.25, 0.3) is 0 Å². The van der Waals surface area contributed by atoms with E-state index >= 15 is 0 Å². The van der Waals surface area contributed by atoms with Crippen LogP contribution in [0.5, 0.6) is 0 Å². The van der Waals surface area contributed by atoms with Crippen LogP contribution in [0.1, 0.15) is 24.6 Å². The molecule has 0 aliphatic carbocycles. The van der Waals surface area contributed by atoms with Crippen LogP contribution in [0.15, 0.2) is 4.79 Å². The summed E-state index contributed by atoms with van der Waals surface area (Å²) in [5.74, 6) is 1.27. The van der Waals surface area contributed by atoms with Gasteiger partial charge in [-0.2, -0.15) is 5.10 Å². The van der Waals surface area contributed by atoms with Crippen LogP contribution in [-0.2, 0) is 7.05 Å². The molecule has 1 aromatic rings. The Bertz CT molecular complexity index is 334. The predicted molar refractivity (Wildman–Crippen MR) is 48.7 cm³/mol. The van der Waals surface area contributed by atoms with Gasteiger partial charge in [0, 0.05) is 13.0 Å². The maximum Gasteiger partial charge on any atom is 0.343 e. The van der Waals surface area contributed by atoms with Crippen LogP contribution in [0.2, 0.25) is 0 Å². The van der Waals surface area contributed by atoms with E-state index in [9.17, 15) is 4.79 Å². The third kappa shape index (κ3) is 1.65. The van der Waals surface area contributed by atoms with Crippen molar-refractivity contribution in [2.24, 2.45) is 7.05 Å². The average molecular weight is 182 g/mol. The number of piperidine rings is 1. The second kappa shape index (κ2) is 3.33. The summed E-state index contributed by atoms with van der Waals surface area (Å²) in [4.78, 5) is 13.9. The van der Waals surface area contributed by atoms with E-state index in [1.54, 1.807) is 7.05 Å². The summed E-state index contributed by atoms with van der Waals surface area (Å²) in [5, 5.41) is 7.43. The van der Waals surface area contributed by atoms with Crippen molar-refractivity contribution in [2.75, 3.05) is 13.1 Å². The van der Waals surface area contributed by atoms with Gasteiger partial charge in [-0.25, -0.2) is 9.48 Å². The van der Waals surface area contributed by atoms with E-state index in [2.05, 4.69) is 15.4 Å². The molecule has 5 heteroatoms. The zero-order valence-electron chi connectivity index (χ0n) is 7.71. The molecule has 0 saturated carbocycles. The Hall–Kier alpha value is -1.10. The topological polar surface area (TPSA) is 62.7 Å². The van der Waals surface area contributed by atoms with Gasteiger partial charge in [0.1, 0.15) is 5.82 Å². The molecule has 2 heterocycles. The maximum absolute atomic E-state index is 11.1. The van der Waals surface area contributed by atoms with Crippen LogP contribution in [0, 0.1) is 0 Å². The van der Waals surface area contributed by atoms with Crippen LogP contribution in [0.4, 0.5) is 0 Å². The van der Waals surface area contributed by atoms with Gasteiger partial charge in [0.05, 0.1) is 0 Å². The molecule has 0 amide bonds. The number of H-pyrrole nitrogens is 1. The zero-order chi connectivity index (χ0) is 9.26. The second-order valence-electron chi connectivity index (χ2n) is 3.46. The third-order valence-corrected chi connectivity index (χ3v) is 2.51. The van der Waals surface area contributed by atoms with Gasteiger partial charge in [0.15, 0.2) is 0 Å². The van der Waals surface area contributed by atoms with Gasteiger partial charge >= 0.3 is 5.69 Å². The Morgan fingerprint density at radius 2 is 2.15 bits per heavy atom. The number of hydrogen-bond acceptors (Lipinski definition) is 3. The number of aromatic amines is 1. The van der Waals surface area contributed by atoms with Gasteiger partial charge in [-0.05, 0) is 25.9 Å². The molecule has 5 nitrogen and oxygen atoms in total. The Morgan fingerprint density at radius 3 is 2.69 bits per heavy atom. The number of rotatable bonds is 1. The van der Waals surface area contributed by atoms with E-state index in [-0.39, 0.29) is 5.69 Å². The molecular weight excluding hydrogens is 168 g/mol. The molecule has 1 aliphatic heterocycles. The summed E-state index contributed by atoms with van der Waals surface area (Å²) in [6, 6.07) is 0. The van der Waals surface area contributed by atoms with Gasteiger partial charge in [-0.3, -0.25) is 4.98 Å². The summed E-state index contributed by atoms with van der Waals surface area (Å²) in [7, 11) is 1.67. The summed E-state index contributed by atoms with van der Waals surface area (Å²) in [6.45, 7) is 2.03. The van der Waals surface area contributed by atoms with Crippen molar-refractivity contribution in [3.63, 3.8) is 0 Å². The molecule has 1 saturated heterocycles. The molecule has 0 atom stereocenters. The summed E-state index contributed by atoms with van der Waals surface area (Å²) in [5.41, 5.74) is -0.117. The lowest BCUT2D eigenvalue weighted by molar-refractivity contribution is 0.443. The van der Waals surface area contributed by atoms with E-state index in [0.29, 0.717) is 5.92 Å². The molecule has 0 spiro atoms. The molecule has 72 valence electrons. The Labute approximate surface area is 76.2 Å². The summed E-state index contributed by atoms with van der Waals surface area (Å²) in [6.07, 6.45) is 2.12. The van der Waals surface area contributed by atoms with E-state index in [4.69, 9.17) is 0 Å². The molecule has 2 N–H and O–H groups in total. The minimum absolute atomic E-state index is 0.117. The Kier molecular flexibility index (Phi) is 2.18. The molecule has 1 aliphatic rings. The SMILES string of the molecule is Cn1nc(C2CCNCC2)[nH]c1=O. The largest absolute Gasteiger partial charge is 0.343 e. The molecule has 0 radical (unpaired) electrons. The summed E-state index contributed by atoms with van der Waals surface area (Å²) < 4.78 is 1.36. The third-order valence-electron chi connectivity index (χ3n) is 2.51. The molecule has 1 fully saturated rings. The quantitative estimate of drug-likeness (QED) is 0.620. The fraction of sp³-hybridized carbons (Fsp3) is 0.750. The van der Waals surface area contributed by atoms with E-state index in [0.717, 1.165) is 31.8 Å². The molecule has 0 unspecified atom stereocenters. The first-order valence-electron chi connectivity index (χ1n) is 4.61. The van der Waals surface area contributed by atoms with E-state index < -0.39 is 0 Å². The lowest BCUT2D eigenvalue weighted by atomic mass is 9.98. The van der Waals surface area contributed by atoms with Crippen LogP contribution in [-0.4, -0.2) is 27.9 Å². The molecule has 1 aromatic heterocycles. The van der Waals surface area contributed by atoms with Gasteiger partial charge in [-0.15, -0.1) is 0 Å². The lowest BCUT2D eigenvalue weighted by Gasteiger charge is -2.19. The van der Waals surface area contributed by atoms with Crippen LogP contribution < -0.4 is 11.0 Å². The van der Waals surface area contributed by atoms with Gasteiger partial charge in [0.2, 0.25) is 0 Å². The molecule has 0 aromatic carbocycles. The normalized spacial score (nSPS) is 19.2. The number of aryl methyl sites for hydroxylation is 1. The highest BCUT2D eigenvalue weighted by Gasteiger charge is 2.18. The minimum atomic E-state index is -0.117. The smallest absolute Gasteiger partial charge is 0.317 e. The van der Waals surface area contributed by atoms with E-state index in [1.807, 2.05) is 0 Å². The van der Waals surface area contributed by atoms with E-state index in [1.165, 1.54) is 4.68 Å². The minimum Gasteiger partial charge on any atom is -0.317 e. The predicted octanol–water partition coefficient (Wildman–Crippen LogP) is -0.425. The Morgan fingerprint density at radius 1 is 1.46 bits per heavy atom. The molecule has 13 heavy (non-hydrogen) atoms. The number of nitrogens with zero attached hydrogens (tertiary/aromatic N) is 2. The van der Waals surface area contributed by atoms with Crippen molar-refractivity contribution < 1.29 is 0 Å². The first-order valence-corrected chi connectivity index (χ1v) is 4.61. The standard InChI is InChI=1S/C8H14N4O/c1-12-8(13)10-7(11-12)6-2-4-9-5-3-6/h6,9H,2-5H2,1H3,(H,10,11,13). The monoisotopic (exact) mass is 182 g/mol. The Balaban J connectivity index is 2.19. The zero-order valence-corrected chi connectivity index (χ0v) is 7.71. The van der Waals surface area contributed by atoms with Crippen LogP contribution in [0.3, 0.4) is 0 Å². The molecule has 0 bridgehead atoms.